The van der Waals surface area contributed by atoms with Gasteiger partial charge in [0, 0.05) is 6.54 Å². The minimum absolute atomic E-state index is 0.208. The summed E-state index contributed by atoms with van der Waals surface area (Å²) in [6, 6.07) is 20.8. The Hall–Kier alpha value is -4.71. The van der Waals surface area contributed by atoms with E-state index in [1.54, 1.807) is 24.3 Å². The van der Waals surface area contributed by atoms with Crippen LogP contribution in [0, 0.1) is 0 Å². The smallest absolute Gasteiger partial charge is 0.261 e. The average molecular weight is 537 g/mol. The van der Waals surface area contributed by atoms with Crippen LogP contribution in [0.25, 0.3) is 21.9 Å². The first kappa shape index (κ1) is 24.3. The number of rotatable bonds is 6. The number of nitrogens with zero attached hydrogens (tertiary/aromatic N) is 5. The van der Waals surface area contributed by atoms with Crippen molar-refractivity contribution < 1.29 is 24.5 Å². The summed E-state index contributed by atoms with van der Waals surface area (Å²) in [7, 11) is 0. The maximum atomic E-state index is 12.8. The number of benzene rings is 3. The zero-order valence-corrected chi connectivity index (χ0v) is 21.1. The van der Waals surface area contributed by atoms with Crippen LogP contribution in [-0.4, -0.2) is 71.3 Å². The number of imide groups is 1. The highest BCUT2D eigenvalue weighted by molar-refractivity contribution is 6.21. The van der Waals surface area contributed by atoms with Gasteiger partial charge in [-0.15, -0.1) is 0 Å². The van der Waals surface area contributed by atoms with E-state index in [1.807, 2.05) is 24.3 Å². The van der Waals surface area contributed by atoms with E-state index in [0.717, 1.165) is 21.2 Å². The largest absolute Gasteiger partial charge is 0.387 e. The molecule has 3 aromatic carbocycles. The highest BCUT2D eigenvalue weighted by Crippen LogP contribution is 2.34. The molecule has 200 valence electrons. The predicted octanol–water partition coefficient (Wildman–Crippen LogP) is 2.51. The Labute approximate surface area is 227 Å². The molecule has 0 saturated carbocycles. The fourth-order valence-electron chi connectivity index (χ4n) is 5.49. The van der Waals surface area contributed by atoms with Crippen molar-refractivity contribution in [3.63, 3.8) is 0 Å². The Morgan fingerprint density at radius 3 is 2.38 bits per heavy atom. The third-order valence-electron chi connectivity index (χ3n) is 7.54. The van der Waals surface area contributed by atoms with Crippen molar-refractivity contribution in [1.82, 2.24) is 24.4 Å². The van der Waals surface area contributed by atoms with Crippen molar-refractivity contribution in [3.05, 3.63) is 96.1 Å². The number of fused-ring (bicyclic) bond motifs is 3. The molecule has 0 aliphatic carbocycles. The molecule has 2 aromatic heterocycles. The molecule has 11 nitrogen and oxygen atoms in total. The first-order valence-electron chi connectivity index (χ1n) is 12.9. The number of nitrogens with one attached hydrogen (secondary N) is 1. The topological polar surface area (TPSA) is 143 Å². The monoisotopic (exact) mass is 536 g/mol. The average Bonchev–Trinajstić information content (AvgIpc) is 3.61. The number of aromatic nitrogens is 4. The quantitative estimate of drug-likeness (QED) is 0.279. The summed E-state index contributed by atoms with van der Waals surface area (Å²) >= 11 is 0. The van der Waals surface area contributed by atoms with E-state index in [9.17, 15) is 19.8 Å². The molecule has 11 heteroatoms. The Kier molecular flexibility index (Phi) is 5.77. The molecule has 3 N–H and O–H groups in total. The lowest BCUT2D eigenvalue weighted by atomic mass is 10.0. The van der Waals surface area contributed by atoms with Crippen molar-refractivity contribution >= 4 is 39.6 Å². The molecule has 5 aromatic rings. The zero-order chi connectivity index (χ0) is 27.4. The lowest BCUT2D eigenvalue weighted by Gasteiger charge is -2.21. The number of aliphatic hydroxyl groups excluding tert-OH is 2. The first-order chi connectivity index (χ1) is 19.5. The van der Waals surface area contributed by atoms with Gasteiger partial charge in [-0.05, 0) is 28.5 Å². The third-order valence-corrected chi connectivity index (χ3v) is 7.54. The van der Waals surface area contributed by atoms with E-state index in [-0.39, 0.29) is 6.54 Å². The normalized spacial score (nSPS) is 22.4. The second-order valence-electron chi connectivity index (χ2n) is 9.85. The minimum Gasteiger partial charge on any atom is -0.387 e. The number of aliphatic hydroxyl groups is 2. The number of carbonyl (C=O) groups excluding carboxylic acids is 2. The van der Waals surface area contributed by atoms with Gasteiger partial charge in [0.15, 0.2) is 23.2 Å². The summed E-state index contributed by atoms with van der Waals surface area (Å²) in [4.78, 5) is 39.8. The van der Waals surface area contributed by atoms with Crippen LogP contribution in [0.4, 0.5) is 5.82 Å². The Morgan fingerprint density at radius 2 is 1.57 bits per heavy atom. The van der Waals surface area contributed by atoms with E-state index in [4.69, 9.17) is 4.74 Å². The number of ether oxygens (including phenoxy) is 1. The Balaban J connectivity index is 1.12. The van der Waals surface area contributed by atoms with E-state index in [2.05, 4.69) is 38.5 Å². The summed E-state index contributed by atoms with van der Waals surface area (Å²) in [6.07, 6.45) is -1.89. The fraction of sp³-hybridized carbons (Fsp3) is 0.207. The van der Waals surface area contributed by atoms with E-state index in [1.165, 1.54) is 17.2 Å². The van der Waals surface area contributed by atoms with Crippen LogP contribution in [-0.2, 0) is 11.3 Å². The summed E-state index contributed by atoms with van der Waals surface area (Å²) in [5.41, 5.74) is 2.57. The lowest BCUT2D eigenvalue weighted by molar-refractivity contribution is -0.0400. The maximum Gasteiger partial charge on any atom is 0.261 e. The summed E-state index contributed by atoms with van der Waals surface area (Å²) in [5.74, 6) is -0.415. The Morgan fingerprint density at radius 1 is 0.850 bits per heavy atom. The van der Waals surface area contributed by atoms with Gasteiger partial charge in [-0.1, -0.05) is 54.6 Å². The maximum absolute atomic E-state index is 12.8. The number of hydrogen-bond acceptors (Lipinski definition) is 9. The highest BCUT2D eigenvalue weighted by Gasteiger charge is 2.47. The lowest BCUT2D eigenvalue weighted by Crippen LogP contribution is -2.42. The van der Waals surface area contributed by atoms with Crippen molar-refractivity contribution in [2.45, 2.75) is 31.1 Å². The molecule has 2 amide bonds. The van der Waals surface area contributed by atoms with Gasteiger partial charge in [0.1, 0.15) is 24.6 Å². The standard InChI is InChI=1S/C29H24N6O5/c36-23-21(13-34-27(38)19-10-3-4-11-20(19)28(34)39)40-29(24(23)37)35-15-33-22-25(31-14-32-26(22)35)30-12-17-8-5-7-16-6-1-2-9-18(16)17/h1-11,14-15,21,23-24,29,36-37H,12-13H2,(H,30,31,32)/t21-,23-,24-,29-/m1/s1. The number of carbonyl (C=O) groups is 2. The van der Waals surface area contributed by atoms with Crippen LogP contribution in [0.5, 0.6) is 0 Å². The predicted molar refractivity (Wildman–Crippen MR) is 144 cm³/mol. The number of amides is 2. The molecule has 4 atom stereocenters. The summed E-state index contributed by atoms with van der Waals surface area (Å²) in [5, 5.41) is 27.3. The molecule has 2 aliphatic heterocycles. The van der Waals surface area contributed by atoms with Crippen molar-refractivity contribution in [1.29, 1.82) is 0 Å². The van der Waals surface area contributed by atoms with E-state index in [0.29, 0.717) is 34.7 Å². The molecule has 0 radical (unpaired) electrons. The van der Waals surface area contributed by atoms with Gasteiger partial charge < -0.3 is 20.3 Å². The van der Waals surface area contributed by atoms with Crippen molar-refractivity contribution in [3.8, 4) is 0 Å². The summed E-state index contributed by atoms with van der Waals surface area (Å²) in [6.45, 7) is 0.296. The molecule has 0 bridgehead atoms. The highest BCUT2D eigenvalue weighted by atomic mass is 16.6. The van der Waals surface area contributed by atoms with Crippen molar-refractivity contribution in [2.24, 2.45) is 0 Å². The van der Waals surface area contributed by atoms with Crippen LogP contribution in [0.2, 0.25) is 0 Å². The van der Waals surface area contributed by atoms with E-state index >= 15 is 0 Å². The number of imidazole rings is 1. The number of hydrogen-bond donors (Lipinski definition) is 3. The van der Waals surface area contributed by atoms with E-state index < -0.39 is 36.4 Å². The second-order valence-corrected chi connectivity index (χ2v) is 9.85. The first-order valence-corrected chi connectivity index (χ1v) is 12.9. The van der Waals surface area contributed by atoms with Gasteiger partial charge >= 0.3 is 0 Å². The molecule has 2 aliphatic rings. The van der Waals surface area contributed by atoms with Gasteiger partial charge in [0.05, 0.1) is 24.0 Å². The van der Waals surface area contributed by atoms with Crippen LogP contribution < -0.4 is 5.32 Å². The molecule has 7 rings (SSSR count). The molecule has 4 heterocycles. The van der Waals surface area contributed by atoms with Crippen LogP contribution in [0.3, 0.4) is 0 Å². The fourth-order valence-corrected chi connectivity index (χ4v) is 5.49. The third kappa shape index (κ3) is 3.82. The molecule has 1 saturated heterocycles. The molecular formula is C29H24N6O5. The second kappa shape index (κ2) is 9.49. The molecule has 0 unspecified atom stereocenters. The number of anilines is 1. The van der Waals surface area contributed by atoms with Crippen LogP contribution >= 0.6 is 0 Å². The van der Waals surface area contributed by atoms with Gasteiger partial charge in [-0.3, -0.25) is 19.1 Å². The molecule has 0 spiro atoms. The van der Waals surface area contributed by atoms with Crippen LogP contribution in [0.1, 0.15) is 32.5 Å². The molecule has 1 fully saturated rings. The Bertz CT molecular complexity index is 1750. The van der Waals surface area contributed by atoms with Gasteiger partial charge in [-0.25, -0.2) is 15.0 Å². The van der Waals surface area contributed by atoms with Gasteiger partial charge in [0.2, 0.25) is 0 Å². The van der Waals surface area contributed by atoms with Gasteiger partial charge in [-0.2, -0.15) is 0 Å². The van der Waals surface area contributed by atoms with Gasteiger partial charge in [0.25, 0.3) is 11.8 Å². The minimum atomic E-state index is -1.35. The molecule has 40 heavy (non-hydrogen) atoms. The summed E-state index contributed by atoms with van der Waals surface area (Å²) < 4.78 is 7.53. The van der Waals surface area contributed by atoms with Crippen LogP contribution in [0.15, 0.2) is 79.4 Å². The van der Waals surface area contributed by atoms with Crippen molar-refractivity contribution in [2.75, 3.05) is 11.9 Å². The zero-order valence-electron chi connectivity index (χ0n) is 21.1. The molecular weight excluding hydrogens is 512 g/mol. The SMILES string of the molecule is O=C1c2ccccc2C(=O)N1C[C@H]1O[C@@H](n2cnc3c(NCc4cccc5ccccc45)ncnc32)[C@H](O)[C@@H]1O.